The predicted molar refractivity (Wildman–Crippen MR) is 87.2 cm³/mol. The Morgan fingerprint density at radius 2 is 2.08 bits per heavy atom. The molecule has 2 atom stereocenters. The first kappa shape index (κ1) is 20.0. The van der Waals surface area contributed by atoms with Gasteiger partial charge in [0.15, 0.2) is 0 Å². The van der Waals surface area contributed by atoms with Crippen LogP contribution in [0.2, 0.25) is 0 Å². The molecule has 0 saturated carbocycles. The number of aliphatic hydroxyl groups is 2. The highest BCUT2D eigenvalue weighted by atomic mass is 16.4. The lowest BCUT2D eigenvalue weighted by molar-refractivity contribution is -0.143. The number of carboxylic acid groups (broad SMARTS) is 1. The van der Waals surface area contributed by atoms with Crippen molar-refractivity contribution in [3.05, 3.63) is 29.6 Å². The third-order valence-electron chi connectivity index (χ3n) is 3.56. The third-order valence-corrected chi connectivity index (χ3v) is 3.56. The molecule has 8 nitrogen and oxygen atoms in total. The van der Waals surface area contributed by atoms with E-state index in [1.54, 1.807) is 11.9 Å². The smallest absolute Gasteiger partial charge is 0.320 e. The number of rotatable bonds is 10. The van der Waals surface area contributed by atoms with Crippen LogP contribution in [-0.4, -0.2) is 69.4 Å². The highest BCUT2D eigenvalue weighted by molar-refractivity contribution is 5.78. The summed E-state index contributed by atoms with van der Waals surface area (Å²) in [5.74, 6) is -1.37. The molecule has 0 spiro atoms. The summed E-state index contributed by atoms with van der Waals surface area (Å²) in [7, 11) is 1.68. The number of likely N-dealkylation sites (N-methyl/N-ethyl adjacent to an activating group) is 1. The number of nitrogens with one attached hydrogen (secondary N) is 1. The zero-order valence-electron chi connectivity index (χ0n) is 14.0. The maximum atomic E-state index is 11.7. The van der Waals surface area contributed by atoms with E-state index in [4.69, 9.17) is 5.11 Å². The first-order valence-corrected chi connectivity index (χ1v) is 7.74. The highest BCUT2D eigenvalue weighted by Gasteiger charge is 2.24. The van der Waals surface area contributed by atoms with Crippen molar-refractivity contribution >= 4 is 11.9 Å². The van der Waals surface area contributed by atoms with Gasteiger partial charge in [-0.1, -0.05) is 6.07 Å². The molecule has 1 aromatic rings. The minimum absolute atomic E-state index is 0.0146. The van der Waals surface area contributed by atoms with Crippen molar-refractivity contribution in [3.8, 4) is 0 Å². The van der Waals surface area contributed by atoms with Gasteiger partial charge < -0.3 is 20.6 Å². The number of hydrogen-bond acceptors (Lipinski definition) is 6. The van der Waals surface area contributed by atoms with Gasteiger partial charge in [0.05, 0.1) is 18.4 Å². The quantitative estimate of drug-likeness (QED) is 0.454. The molecule has 2 unspecified atom stereocenters. The molecular weight excluding hydrogens is 314 g/mol. The summed E-state index contributed by atoms with van der Waals surface area (Å²) >= 11 is 0. The molecule has 4 N–H and O–H groups in total. The van der Waals surface area contributed by atoms with Crippen molar-refractivity contribution in [2.24, 2.45) is 0 Å². The van der Waals surface area contributed by atoms with E-state index in [0.717, 1.165) is 11.4 Å². The monoisotopic (exact) mass is 339 g/mol. The first-order valence-electron chi connectivity index (χ1n) is 7.74. The molecule has 1 aromatic heterocycles. The number of carbonyl (C=O) groups excluding carboxylic acids is 1. The van der Waals surface area contributed by atoms with Crippen molar-refractivity contribution in [2.45, 2.75) is 38.5 Å². The average Bonchev–Trinajstić information content (AvgIpc) is 2.52. The third kappa shape index (κ3) is 7.03. The number of carboxylic acids is 1. The molecule has 1 rings (SSSR count). The summed E-state index contributed by atoms with van der Waals surface area (Å²) in [6.07, 6.45) is -0.862. The lowest BCUT2D eigenvalue weighted by Crippen LogP contribution is -2.40. The Morgan fingerprint density at radius 1 is 1.38 bits per heavy atom. The Labute approximate surface area is 141 Å². The van der Waals surface area contributed by atoms with E-state index in [-0.39, 0.29) is 25.3 Å². The van der Waals surface area contributed by atoms with E-state index in [2.05, 4.69) is 10.3 Å². The zero-order chi connectivity index (χ0) is 18.1. The Hall–Kier alpha value is -2.03. The number of pyridine rings is 1. The number of nitrogens with zero attached hydrogens (tertiary/aromatic N) is 2. The second kappa shape index (κ2) is 9.96. The van der Waals surface area contributed by atoms with Gasteiger partial charge in [-0.05, 0) is 32.5 Å². The highest BCUT2D eigenvalue weighted by Crippen LogP contribution is 2.10. The van der Waals surface area contributed by atoms with E-state index < -0.39 is 24.7 Å². The number of carbonyl (C=O) groups is 2. The van der Waals surface area contributed by atoms with Crippen molar-refractivity contribution < 1.29 is 24.9 Å². The van der Waals surface area contributed by atoms with Crippen LogP contribution in [0, 0.1) is 6.92 Å². The van der Waals surface area contributed by atoms with E-state index in [1.807, 2.05) is 25.1 Å². The summed E-state index contributed by atoms with van der Waals surface area (Å²) in [4.78, 5) is 29.1. The summed E-state index contributed by atoms with van der Waals surface area (Å²) < 4.78 is 0. The van der Waals surface area contributed by atoms with Gasteiger partial charge in [0.25, 0.3) is 0 Å². The zero-order valence-corrected chi connectivity index (χ0v) is 14.0. The second-order valence-corrected chi connectivity index (χ2v) is 5.72. The van der Waals surface area contributed by atoms with Crippen LogP contribution in [-0.2, 0) is 16.1 Å². The van der Waals surface area contributed by atoms with Crippen molar-refractivity contribution in [2.75, 3.05) is 20.2 Å². The molecule has 0 aliphatic heterocycles. The van der Waals surface area contributed by atoms with Crippen LogP contribution in [0.25, 0.3) is 0 Å². The van der Waals surface area contributed by atoms with Crippen LogP contribution < -0.4 is 5.32 Å². The van der Waals surface area contributed by atoms with E-state index in [1.165, 1.54) is 0 Å². The van der Waals surface area contributed by atoms with Gasteiger partial charge in [-0.15, -0.1) is 0 Å². The predicted octanol–water partition coefficient (Wildman–Crippen LogP) is -0.475. The summed E-state index contributed by atoms with van der Waals surface area (Å²) in [5.41, 5.74) is 1.62. The molecule has 0 aliphatic carbocycles. The molecule has 1 amide bonds. The van der Waals surface area contributed by atoms with Gasteiger partial charge >= 0.3 is 5.97 Å². The lowest BCUT2D eigenvalue weighted by Gasteiger charge is -2.24. The van der Waals surface area contributed by atoms with Crippen molar-refractivity contribution in [1.29, 1.82) is 0 Å². The Bertz CT molecular complexity index is 552. The van der Waals surface area contributed by atoms with Crippen LogP contribution in [0.4, 0.5) is 0 Å². The molecule has 0 fully saturated rings. The minimum Gasteiger partial charge on any atom is -0.480 e. The summed E-state index contributed by atoms with van der Waals surface area (Å²) in [5, 5.41) is 29.7. The number of aliphatic carboxylic acids is 1. The van der Waals surface area contributed by atoms with Gasteiger partial charge in [0, 0.05) is 25.2 Å². The normalized spacial score (nSPS) is 13.5. The topological polar surface area (TPSA) is 123 Å². The number of amides is 1. The minimum atomic E-state index is -1.01. The maximum Gasteiger partial charge on any atom is 0.320 e. The Morgan fingerprint density at radius 3 is 2.67 bits per heavy atom. The Kier molecular flexibility index (Phi) is 8.31. The lowest BCUT2D eigenvalue weighted by atomic mass is 10.1. The van der Waals surface area contributed by atoms with Gasteiger partial charge in [0.2, 0.25) is 5.91 Å². The molecule has 134 valence electrons. The molecule has 0 bridgehead atoms. The van der Waals surface area contributed by atoms with E-state index >= 15 is 0 Å². The molecule has 24 heavy (non-hydrogen) atoms. The van der Waals surface area contributed by atoms with Gasteiger partial charge in [-0.3, -0.25) is 19.5 Å². The largest absolute Gasteiger partial charge is 0.480 e. The maximum absolute atomic E-state index is 11.7. The van der Waals surface area contributed by atoms with Crippen LogP contribution >= 0.6 is 0 Å². The molecule has 0 radical (unpaired) electrons. The van der Waals surface area contributed by atoms with Gasteiger partial charge in [-0.25, -0.2) is 0 Å². The number of aryl methyl sites for hydroxylation is 1. The molecule has 1 heterocycles. The number of aromatic nitrogens is 1. The van der Waals surface area contributed by atoms with E-state index in [0.29, 0.717) is 6.54 Å². The van der Waals surface area contributed by atoms with Crippen LogP contribution in [0.5, 0.6) is 0 Å². The van der Waals surface area contributed by atoms with Crippen LogP contribution in [0.1, 0.15) is 24.2 Å². The molecular formula is C16H25N3O5. The van der Waals surface area contributed by atoms with E-state index in [9.17, 15) is 19.8 Å². The standard InChI is InChI=1S/C16H25N3O5/c1-11-4-3-5-12(18-11)9-19(2)14(16(23)24)6-7-15(22)17-8-13(21)10-20/h3-5,13-14,20-21H,6-10H2,1-2H3,(H,17,22)(H,23,24). The number of hydrogen-bond donors (Lipinski definition) is 4. The first-order chi connectivity index (χ1) is 11.3. The van der Waals surface area contributed by atoms with Crippen molar-refractivity contribution in [3.63, 3.8) is 0 Å². The van der Waals surface area contributed by atoms with Crippen LogP contribution in [0.3, 0.4) is 0 Å². The van der Waals surface area contributed by atoms with Gasteiger partial charge in [-0.2, -0.15) is 0 Å². The Balaban J connectivity index is 2.54. The average molecular weight is 339 g/mol. The SMILES string of the molecule is Cc1cccc(CN(C)C(CCC(=O)NCC(O)CO)C(=O)O)n1. The fourth-order valence-corrected chi connectivity index (χ4v) is 2.24. The molecule has 8 heteroatoms. The van der Waals surface area contributed by atoms with Crippen LogP contribution in [0.15, 0.2) is 18.2 Å². The fourth-order valence-electron chi connectivity index (χ4n) is 2.24. The molecule has 0 aromatic carbocycles. The summed E-state index contributed by atoms with van der Waals surface area (Å²) in [6, 6.07) is 4.73. The molecule has 0 saturated heterocycles. The second-order valence-electron chi connectivity index (χ2n) is 5.72. The number of aliphatic hydroxyl groups excluding tert-OH is 2. The van der Waals surface area contributed by atoms with Crippen molar-refractivity contribution in [1.82, 2.24) is 15.2 Å². The fraction of sp³-hybridized carbons (Fsp3) is 0.562. The van der Waals surface area contributed by atoms with Gasteiger partial charge in [0.1, 0.15) is 6.04 Å². The summed E-state index contributed by atoms with van der Waals surface area (Å²) in [6.45, 7) is 1.73. The molecule has 0 aliphatic rings.